The van der Waals surface area contributed by atoms with Crippen LogP contribution in [-0.2, 0) is 0 Å². The van der Waals surface area contributed by atoms with Crippen LogP contribution in [0.1, 0.15) is 48.0 Å². The molecule has 5 rings (SSSR count). The molecular weight excluding hydrogens is 363 g/mol. The van der Waals surface area contributed by atoms with E-state index in [0.29, 0.717) is 6.04 Å². The highest BCUT2D eigenvalue weighted by atomic mass is 19.1. The van der Waals surface area contributed by atoms with Crippen LogP contribution in [0.3, 0.4) is 0 Å². The van der Waals surface area contributed by atoms with E-state index in [1.165, 1.54) is 23.3 Å². The standard InChI is InChI=1S/C25H25FN2O/c1-16-12-18(5-11-24(16)17-2-6-21(26)7-3-17)25(29)28(22-9-10-22)23-8-4-19-14-27-15-20(19)13-23/h2-3,5-7,11-12,15,22-23H,4,8-10,13-14H2,1H3. The number of halogens is 1. The van der Waals surface area contributed by atoms with Gasteiger partial charge in [-0.2, -0.15) is 0 Å². The molecule has 1 amide bonds. The number of hydrogen-bond acceptors (Lipinski definition) is 2. The topological polar surface area (TPSA) is 32.7 Å². The van der Waals surface area contributed by atoms with Crippen molar-refractivity contribution in [3.63, 3.8) is 0 Å². The molecule has 1 heterocycles. The van der Waals surface area contributed by atoms with Crippen molar-refractivity contribution >= 4 is 12.1 Å². The third-order valence-electron chi connectivity index (χ3n) is 6.42. The number of aliphatic imine (C=N–C) groups is 1. The lowest BCUT2D eigenvalue weighted by molar-refractivity contribution is 0.0645. The third kappa shape index (κ3) is 3.52. The van der Waals surface area contributed by atoms with Gasteiger partial charge in [-0.25, -0.2) is 4.39 Å². The van der Waals surface area contributed by atoms with Gasteiger partial charge in [-0.05, 0) is 91.1 Å². The average molecular weight is 388 g/mol. The highest BCUT2D eigenvalue weighted by Crippen LogP contribution is 2.37. The summed E-state index contributed by atoms with van der Waals surface area (Å²) >= 11 is 0. The van der Waals surface area contributed by atoms with Crippen LogP contribution in [0.25, 0.3) is 11.1 Å². The minimum Gasteiger partial charge on any atom is -0.332 e. The van der Waals surface area contributed by atoms with E-state index in [0.717, 1.165) is 60.9 Å². The minimum atomic E-state index is -0.240. The van der Waals surface area contributed by atoms with Gasteiger partial charge in [0.2, 0.25) is 0 Å². The molecule has 0 radical (unpaired) electrons. The largest absolute Gasteiger partial charge is 0.332 e. The summed E-state index contributed by atoms with van der Waals surface area (Å²) in [5.74, 6) is -0.0958. The quantitative estimate of drug-likeness (QED) is 0.696. The second-order valence-corrected chi connectivity index (χ2v) is 8.48. The molecule has 2 aliphatic carbocycles. The van der Waals surface area contributed by atoms with Crippen molar-refractivity contribution in [2.24, 2.45) is 4.99 Å². The molecule has 4 heteroatoms. The van der Waals surface area contributed by atoms with Gasteiger partial charge in [-0.1, -0.05) is 18.2 Å². The van der Waals surface area contributed by atoms with Crippen molar-refractivity contribution in [1.29, 1.82) is 0 Å². The second kappa shape index (κ2) is 7.25. The van der Waals surface area contributed by atoms with Gasteiger partial charge in [0.05, 0.1) is 6.54 Å². The van der Waals surface area contributed by atoms with Crippen LogP contribution in [-0.4, -0.2) is 35.7 Å². The highest BCUT2D eigenvalue weighted by molar-refractivity contribution is 5.96. The molecule has 0 spiro atoms. The van der Waals surface area contributed by atoms with E-state index >= 15 is 0 Å². The van der Waals surface area contributed by atoms with E-state index in [4.69, 9.17) is 0 Å². The molecule has 1 saturated carbocycles. The van der Waals surface area contributed by atoms with Crippen molar-refractivity contribution in [3.05, 3.63) is 70.6 Å². The SMILES string of the molecule is Cc1cc(C(=O)N(C2CC2)C2CCC3=C(C=NC3)C2)ccc1-c1ccc(F)cc1. The number of carbonyl (C=O) groups excluding carboxylic acids is 1. The summed E-state index contributed by atoms with van der Waals surface area (Å²) in [7, 11) is 0. The van der Waals surface area contributed by atoms with E-state index in [2.05, 4.69) is 9.89 Å². The Hall–Kier alpha value is -2.75. The Morgan fingerprint density at radius 3 is 2.59 bits per heavy atom. The predicted molar refractivity (Wildman–Crippen MR) is 114 cm³/mol. The first-order valence-corrected chi connectivity index (χ1v) is 10.5. The molecule has 0 N–H and O–H groups in total. The molecule has 1 unspecified atom stereocenters. The Labute approximate surface area is 171 Å². The van der Waals surface area contributed by atoms with Crippen molar-refractivity contribution in [2.75, 3.05) is 6.54 Å². The fraction of sp³-hybridized carbons (Fsp3) is 0.360. The van der Waals surface area contributed by atoms with E-state index in [9.17, 15) is 9.18 Å². The fourth-order valence-corrected chi connectivity index (χ4v) is 4.71. The number of nitrogens with zero attached hydrogens (tertiary/aromatic N) is 2. The molecule has 0 saturated heterocycles. The Bertz CT molecular complexity index is 1020. The van der Waals surface area contributed by atoms with E-state index < -0.39 is 0 Å². The van der Waals surface area contributed by atoms with Crippen molar-refractivity contribution in [1.82, 2.24) is 4.90 Å². The summed E-state index contributed by atoms with van der Waals surface area (Å²) < 4.78 is 13.2. The summed E-state index contributed by atoms with van der Waals surface area (Å²) in [5.41, 5.74) is 6.60. The zero-order valence-electron chi connectivity index (χ0n) is 16.7. The molecule has 0 aromatic heterocycles. The van der Waals surface area contributed by atoms with Crippen LogP contribution in [0.5, 0.6) is 0 Å². The van der Waals surface area contributed by atoms with Crippen LogP contribution in [0.2, 0.25) is 0 Å². The molecule has 2 aromatic carbocycles. The first-order valence-electron chi connectivity index (χ1n) is 10.5. The Kier molecular flexibility index (Phi) is 4.57. The molecule has 148 valence electrons. The number of rotatable bonds is 4. The molecular formula is C25H25FN2O. The minimum absolute atomic E-state index is 0.144. The fourth-order valence-electron chi connectivity index (χ4n) is 4.71. The molecule has 29 heavy (non-hydrogen) atoms. The highest BCUT2D eigenvalue weighted by Gasteiger charge is 2.39. The number of aryl methyl sites for hydroxylation is 1. The van der Waals surface area contributed by atoms with Gasteiger partial charge in [-0.15, -0.1) is 0 Å². The summed E-state index contributed by atoms with van der Waals surface area (Å²) in [5, 5.41) is 0. The lowest BCUT2D eigenvalue weighted by Crippen LogP contribution is -2.43. The number of amides is 1. The van der Waals surface area contributed by atoms with Gasteiger partial charge in [0, 0.05) is 23.9 Å². The van der Waals surface area contributed by atoms with Gasteiger partial charge >= 0.3 is 0 Å². The first-order chi connectivity index (χ1) is 14.1. The molecule has 1 atom stereocenters. The van der Waals surface area contributed by atoms with Crippen molar-refractivity contribution < 1.29 is 9.18 Å². The summed E-state index contributed by atoms with van der Waals surface area (Å²) in [4.78, 5) is 20.1. The Balaban J connectivity index is 1.40. The monoisotopic (exact) mass is 388 g/mol. The number of hydrogen-bond donors (Lipinski definition) is 0. The van der Waals surface area contributed by atoms with Gasteiger partial charge < -0.3 is 4.90 Å². The number of benzene rings is 2. The molecule has 3 aliphatic rings. The molecule has 0 bridgehead atoms. The predicted octanol–water partition coefficient (Wildman–Crippen LogP) is 5.34. The smallest absolute Gasteiger partial charge is 0.254 e. The van der Waals surface area contributed by atoms with Crippen LogP contribution < -0.4 is 0 Å². The zero-order valence-corrected chi connectivity index (χ0v) is 16.7. The van der Waals surface area contributed by atoms with E-state index in [1.807, 2.05) is 31.3 Å². The van der Waals surface area contributed by atoms with Gasteiger partial charge in [0.1, 0.15) is 5.82 Å². The van der Waals surface area contributed by atoms with Crippen LogP contribution in [0.15, 0.2) is 58.6 Å². The molecule has 2 aromatic rings. The first kappa shape index (κ1) is 18.3. The van der Waals surface area contributed by atoms with Gasteiger partial charge in [0.25, 0.3) is 5.91 Å². The maximum atomic E-state index is 13.5. The van der Waals surface area contributed by atoms with Crippen LogP contribution in [0.4, 0.5) is 4.39 Å². The van der Waals surface area contributed by atoms with Crippen molar-refractivity contribution in [3.8, 4) is 11.1 Å². The normalized spacial score (nSPS) is 20.7. The van der Waals surface area contributed by atoms with Crippen LogP contribution in [0, 0.1) is 12.7 Å². The lowest BCUT2D eigenvalue weighted by Gasteiger charge is -2.35. The Morgan fingerprint density at radius 1 is 1.07 bits per heavy atom. The van der Waals surface area contributed by atoms with Crippen molar-refractivity contribution in [2.45, 2.75) is 51.1 Å². The summed E-state index contributed by atoms with van der Waals surface area (Å²) in [6.07, 6.45) is 7.26. The number of carbonyl (C=O) groups is 1. The van der Waals surface area contributed by atoms with E-state index in [-0.39, 0.29) is 17.8 Å². The van der Waals surface area contributed by atoms with Gasteiger partial charge in [-0.3, -0.25) is 9.79 Å². The molecule has 3 nitrogen and oxygen atoms in total. The average Bonchev–Trinajstić information content (AvgIpc) is 3.44. The molecule has 1 fully saturated rings. The summed E-state index contributed by atoms with van der Waals surface area (Å²) in [6, 6.07) is 13.1. The van der Waals surface area contributed by atoms with Crippen LogP contribution >= 0.6 is 0 Å². The van der Waals surface area contributed by atoms with Gasteiger partial charge in [0.15, 0.2) is 0 Å². The second-order valence-electron chi connectivity index (χ2n) is 8.48. The maximum absolute atomic E-state index is 13.5. The van der Waals surface area contributed by atoms with E-state index in [1.54, 1.807) is 12.1 Å². The third-order valence-corrected chi connectivity index (χ3v) is 6.42. The lowest BCUT2D eigenvalue weighted by atomic mass is 9.88. The maximum Gasteiger partial charge on any atom is 0.254 e. The Morgan fingerprint density at radius 2 is 1.86 bits per heavy atom. The summed E-state index contributed by atoms with van der Waals surface area (Å²) in [6.45, 7) is 2.87. The zero-order chi connectivity index (χ0) is 20.0. The molecule has 1 aliphatic heterocycles.